The lowest BCUT2D eigenvalue weighted by atomic mass is 10.0. The first-order valence-electron chi connectivity index (χ1n) is 14.8. The van der Waals surface area contributed by atoms with Crippen molar-refractivity contribution in [3.8, 4) is 22.8 Å². The largest absolute Gasteiger partial charge is 0.494 e. The highest BCUT2D eigenvalue weighted by Gasteiger charge is 2.28. The van der Waals surface area contributed by atoms with Gasteiger partial charge in [-0.15, -0.1) is 0 Å². The molecular formula is C31H36BrN9O3. The molecule has 2 aromatic heterocycles. The third-order valence-electron chi connectivity index (χ3n) is 8.53. The van der Waals surface area contributed by atoms with Gasteiger partial charge >= 0.3 is 0 Å². The highest BCUT2D eigenvalue weighted by Crippen LogP contribution is 2.36. The van der Waals surface area contributed by atoms with E-state index in [0.29, 0.717) is 39.3 Å². The summed E-state index contributed by atoms with van der Waals surface area (Å²) < 4.78 is 8.01. The van der Waals surface area contributed by atoms with Gasteiger partial charge in [0.05, 0.1) is 33.5 Å². The molecule has 0 bridgehead atoms. The van der Waals surface area contributed by atoms with Crippen LogP contribution in [0, 0.1) is 17.0 Å². The van der Waals surface area contributed by atoms with Crippen LogP contribution in [0.3, 0.4) is 0 Å². The van der Waals surface area contributed by atoms with E-state index in [1.54, 1.807) is 48.5 Å². The maximum Gasteiger partial charge on any atom is 0.278 e. The van der Waals surface area contributed by atoms with E-state index in [9.17, 15) is 10.1 Å². The number of likely N-dealkylation sites (N-methyl/N-ethyl adjacent to an activating group) is 1. The van der Waals surface area contributed by atoms with Crippen molar-refractivity contribution in [3.63, 3.8) is 0 Å². The molecule has 2 aromatic carbocycles. The van der Waals surface area contributed by atoms with E-state index in [2.05, 4.69) is 72.1 Å². The molecule has 0 atom stereocenters. The molecule has 6 rings (SSSR count). The number of aromatic nitrogens is 4. The van der Waals surface area contributed by atoms with Gasteiger partial charge in [-0.1, -0.05) is 12.1 Å². The number of rotatable bonds is 8. The number of halogens is 1. The molecule has 44 heavy (non-hydrogen) atoms. The second-order valence-corrected chi connectivity index (χ2v) is 12.2. The monoisotopic (exact) mass is 661 g/mol. The number of piperazine rings is 1. The second-order valence-electron chi connectivity index (χ2n) is 11.3. The number of hydrogen-bond donors (Lipinski definition) is 1. The molecule has 0 amide bonds. The minimum Gasteiger partial charge on any atom is -0.494 e. The number of piperidine rings is 1. The quantitative estimate of drug-likeness (QED) is 0.197. The van der Waals surface area contributed by atoms with Gasteiger partial charge in [0.15, 0.2) is 5.82 Å². The summed E-state index contributed by atoms with van der Waals surface area (Å²) in [5, 5.41) is 19.4. The highest BCUT2D eigenvalue weighted by molar-refractivity contribution is 9.10. The first-order valence-corrected chi connectivity index (χ1v) is 15.6. The van der Waals surface area contributed by atoms with Crippen molar-refractivity contribution in [1.29, 1.82) is 0 Å². The average Bonchev–Trinajstić information content (AvgIpc) is 3.53. The molecule has 0 radical (unpaired) electrons. The number of hydrogen-bond acceptors (Lipinski definition) is 10. The summed E-state index contributed by atoms with van der Waals surface area (Å²) in [6.45, 7) is 8.77. The van der Waals surface area contributed by atoms with Crippen LogP contribution < -0.4 is 15.0 Å². The van der Waals surface area contributed by atoms with Crippen LogP contribution in [0.5, 0.6) is 5.75 Å². The van der Waals surface area contributed by atoms with Crippen molar-refractivity contribution in [2.75, 3.05) is 63.6 Å². The number of nitrogens with one attached hydrogen (secondary N) is 1. The Morgan fingerprint density at radius 2 is 1.82 bits per heavy atom. The fraction of sp³-hybridized carbons (Fsp3) is 0.387. The van der Waals surface area contributed by atoms with Crippen molar-refractivity contribution in [1.82, 2.24) is 29.5 Å². The number of ether oxygens (including phenoxy) is 1. The molecule has 0 spiro atoms. The number of benzene rings is 2. The molecule has 2 aliphatic rings. The Bertz CT molecular complexity index is 1650. The lowest BCUT2D eigenvalue weighted by molar-refractivity contribution is -0.384. The Morgan fingerprint density at radius 1 is 1.07 bits per heavy atom. The third kappa shape index (κ3) is 6.26. The van der Waals surface area contributed by atoms with E-state index in [1.807, 2.05) is 0 Å². The standard InChI is InChI=1S/C31H36BrN9O3/c1-21-18-26(29(44-3)19-28(21)39-11-8-22(9-12-39)38-16-14-37(2)15-17-38)34-31-33-20-24(32)30(35-31)40-13-10-25(36-40)23-6-4-5-7-27(23)41(42)43/h4-7,10,13,18-20,22H,8-9,11-12,14-17H2,1-3H3,(H,33,34,35). The molecule has 230 valence electrons. The summed E-state index contributed by atoms with van der Waals surface area (Å²) in [6.07, 6.45) is 5.69. The van der Waals surface area contributed by atoms with Gasteiger partial charge in [0.2, 0.25) is 5.95 Å². The minimum absolute atomic E-state index is 0.00725. The topological polar surface area (TPSA) is 118 Å². The van der Waals surface area contributed by atoms with Gasteiger partial charge < -0.3 is 19.9 Å². The SMILES string of the molecule is COc1cc(N2CCC(N3CCN(C)CC3)CC2)c(C)cc1Nc1ncc(Br)c(-n2ccc(-c3ccccc3[N+](=O)[O-])n2)n1. The summed E-state index contributed by atoms with van der Waals surface area (Å²) in [5.74, 6) is 1.56. The summed E-state index contributed by atoms with van der Waals surface area (Å²) in [6, 6.07) is 13.1. The Morgan fingerprint density at radius 3 is 2.55 bits per heavy atom. The minimum atomic E-state index is -0.408. The number of para-hydroxylation sites is 1. The fourth-order valence-electron chi connectivity index (χ4n) is 6.08. The molecule has 4 heterocycles. The third-order valence-corrected chi connectivity index (χ3v) is 9.09. The summed E-state index contributed by atoms with van der Waals surface area (Å²) in [5.41, 5.74) is 3.98. The van der Waals surface area contributed by atoms with E-state index in [4.69, 9.17) is 9.72 Å². The fourth-order valence-corrected chi connectivity index (χ4v) is 6.45. The number of nitrogens with zero attached hydrogens (tertiary/aromatic N) is 8. The Kier molecular flexibility index (Phi) is 8.78. The molecule has 12 nitrogen and oxygen atoms in total. The number of nitro benzene ring substituents is 1. The maximum atomic E-state index is 11.5. The average molecular weight is 663 g/mol. The molecular weight excluding hydrogens is 626 g/mol. The first kappa shape index (κ1) is 30.0. The van der Waals surface area contributed by atoms with Gasteiger partial charge in [-0.3, -0.25) is 15.0 Å². The highest BCUT2D eigenvalue weighted by atomic mass is 79.9. The zero-order valence-electron chi connectivity index (χ0n) is 25.1. The van der Waals surface area contributed by atoms with Gasteiger partial charge in [0.1, 0.15) is 5.75 Å². The van der Waals surface area contributed by atoms with E-state index >= 15 is 0 Å². The lowest BCUT2D eigenvalue weighted by Gasteiger charge is -2.43. The molecule has 13 heteroatoms. The number of anilines is 3. The lowest BCUT2D eigenvalue weighted by Crippen LogP contribution is -2.52. The van der Waals surface area contributed by atoms with E-state index in [0.717, 1.165) is 63.4 Å². The van der Waals surface area contributed by atoms with Crippen molar-refractivity contribution in [2.45, 2.75) is 25.8 Å². The molecule has 4 aromatic rings. The molecule has 2 fully saturated rings. The molecule has 0 saturated carbocycles. The van der Waals surface area contributed by atoms with Crippen LogP contribution in [-0.4, -0.2) is 93.9 Å². The van der Waals surface area contributed by atoms with Crippen molar-refractivity contribution >= 4 is 38.9 Å². The zero-order valence-corrected chi connectivity index (χ0v) is 26.7. The van der Waals surface area contributed by atoms with Crippen molar-refractivity contribution in [3.05, 3.63) is 75.0 Å². The van der Waals surface area contributed by atoms with Crippen molar-refractivity contribution < 1.29 is 9.66 Å². The molecule has 2 saturated heterocycles. The summed E-state index contributed by atoms with van der Waals surface area (Å²) >= 11 is 3.52. The predicted molar refractivity (Wildman–Crippen MR) is 174 cm³/mol. The zero-order chi connectivity index (χ0) is 30.8. The summed E-state index contributed by atoms with van der Waals surface area (Å²) in [7, 11) is 3.87. The normalized spacial score (nSPS) is 16.7. The molecule has 1 N–H and O–H groups in total. The number of methoxy groups -OCH3 is 1. The van der Waals surface area contributed by atoms with E-state index in [-0.39, 0.29) is 5.69 Å². The molecule has 0 aliphatic carbocycles. The van der Waals surface area contributed by atoms with Gasteiger partial charge in [0, 0.05) is 75.5 Å². The Labute approximate surface area is 264 Å². The van der Waals surface area contributed by atoms with Crippen LogP contribution in [0.1, 0.15) is 18.4 Å². The van der Waals surface area contributed by atoms with Crippen LogP contribution in [-0.2, 0) is 0 Å². The van der Waals surface area contributed by atoms with Crippen LogP contribution in [0.25, 0.3) is 17.1 Å². The van der Waals surface area contributed by atoms with Gasteiger partial charge in [-0.2, -0.15) is 10.1 Å². The van der Waals surface area contributed by atoms with E-state index < -0.39 is 4.92 Å². The Balaban J connectivity index is 1.19. The Hall–Kier alpha value is -4.07. The molecule has 0 unspecified atom stereocenters. The van der Waals surface area contributed by atoms with Crippen LogP contribution >= 0.6 is 15.9 Å². The smallest absolute Gasteiger partial charge is 0.278 e. The van der Waals surface area contributed by atoms with Crippen molar-refractivity contribution in [2.24, 2.45) is 0 Å². The predicted octanol–water partition coefficient (Wildman–Crippen LogP) is 5.28. The summed E-state index contributed by atoms with van der Waals surface area (Å²) in [4.78, 5) is 27.8. The maximum absolute atomic E-state index is 11.5. The van der Waals surface area contributed by atoms with Crippen LogP contribution in [0.4, 0.5) is 23.0 Å². The second kappa shape index (κ2) is 12.9. The first-order chi connectivity index (χ1) is 21.3. The number of aryl methyl sites for hydroxylation is 1. The van der Waals surface area contributed by atoms with E-state index in [1.165, 1.54) is 11.8 Å². The molecule has 2 aliphatic heterocycles. The van der Waals surface area contributed by atoms with Gasteiger partial charge in [0.25, 0.3) is 5.69 Å². The van der Waals surface area contributed by atoms with Gasteiger partial charge in [-0.05, 0) is 66.5 Å². The van der Waals surface area contributed by atoms with Gasteiger partial charge in [-0.25, -0.2) is 9.67 Å². The van der Waals surface area contributed by atoms with Crippen LogP contribution in [0.2, 0.25) is 0 Å². The van der Waals surface area contributed by atoms with Crippen LogP contribution in [0.15, 0.2) is 59.3 Å². The number of nitro groups is 1.